The summed E-state index contributed by atoms with van der Waals surface area (Å²) in [7, 11) is 0. The highest BCUT2D eigenvalue weighted by Gasteiger charge is 2.21. The van der Waals surface area contributed by atoms with Gasteiger partial charge in [0.25, 0.3) is 0 Å². The van der Waals surface area contributed by atoms with Crippen LogP contribution in [0.15, 0.2) is 49.1 Å². The smallest absolute Gasteiger partial charge is 0.144 e. The summed E-state index contributed by atoms with van der Waals surface area (Å²) < 4.78 is 2.07. The number of aromatic nitrogens is 4. The minimum atomic E-state index is 0.175. The molecular weight excluding hydrogens is 338 g/mol. The Balaban J connectivity index is 1.66. The second kappa shape index (κ2) is 6.63. The lowest BCUT2D eigenvalue weighted by Gasteiger charge is -2.31. The van der Waals surface area contributed by atoms with E-state index in [9.17, 15) is 0 Å². The van der Waals surface area contributed by atoms with E-state index in [1.54, 1.807) is 6.33 Å². The number of para-hydroxylation sites is 1. The second-order valence-corrected chi connectivity index (χ2v) is 6.95. The van der Waals surface area contributed by atoms with E-state index in [0.717, 1.165) is 53.7 Å². The lowest BCUT2D eigenvalue weighted by Crippen LogP contribution is -2.25. The van der Waals surface area contributed by atoms with E-state index < -0.39 is 0 Å². The number of benzene rings is 2. The highest BCUT2D eigenvalue weighted by atomic mass is 16.3. The van der Waals surface area contributed by atoms with Gasteiger partial charge >= 0.3 is 0 Å². The Kier molecular flexibility index (Phi) is 3.98. The lowest BCUT2D eigenvalue weighted by atomic mass is 10.0. The molecule has 0 atom stereocenters. The average molecular weight is 359 g/mol. The highest BCUT2D eigenvalue weighted by Crippen LogP contribution is 2.36. The van der Waals surface area contributed by atoms with Crippen molar-refractivity contribution < 1.29 is 5.11 Å². The molecule has 0 saturated carbocycles. The van der Waals surface area contributed by atoms with Crippen LogP contribution < -0.4 is 4.90 Å². The molecule has 4 aromatic rings. The first-order valence-corrected chi connectivity index (χ1v) is 9.41. The number of hydrogen-bond acceptors (Lipinski definition) is 5. The number of rotatable bonds is 4. The molecule has 1 N–H and O–H groups in total. The molecule has 6 heteroatoms. The fourth-order valence-corrected chi connectivity index (χ4v) is 3.98. The van der Waals surface area contributed by atoms with Crippen molar-refractivity contribution in [1.82, 2.24) is 19.5 Å². The molecule has 0 aliphatic carbocycles. The van der Waals surface area contributed by atoms with Crippen LogP contribution in [0, 0.1) is 0 Å². The molecule has 0 bridgehead atoms. The SMILES string of the molecule is OCCCn1cnc2cc3c(N4CCCc5ccccc54)ncnc3cc21. The van der Waals surface area contributed by atoms with Crippen molar-refractivity contribution in [2.75, 3.05) is 18.1 Å². The summed E-state index contributed by atoms with van der Waals surface area (Å²) in [6.45, 7) is 1.87. The number of aliphatic hydroxyl groups is 1. The summed E-state index contributed by atoms with van der Waals surface area (Å²) in [5.74, 6) is 0.943. The van der Waals surface area contributed by atoms with Crippen molar-refractivity contribution in [1.29, 1.82) is 0 Å². The quantitative estimate of drug-likeness (QED) is 0.604. The van der Waals surface area contributed by atoms with Crippen LogP contribution in [0.25, 0.3) is 21.9 Å². The van der Waals surface area contributed by atoms with E-state index in [-0.39, 0.29) is 6.61 Å². The number of anilines is 2. The maximum atomic E-state index is 9.11. The van der Waals surface area contributed by atoms with Crippen LogP contribution in [0.1, 0.15) is 18.4 Å². The first kappa shape index (κ1) is 16.2. The normalized spacial score (nSPS) is 14.0. The number of aryl methyl sites for hydroxylation is 2. The predicted octanol–water partition coefficient (Wildman–Crippen LogP) is 3.45. The summed E-state index contributed by atoms with van der Waals surface area (Å²) in [6.07, 6.45) is 6.41. The molecule has 0 fully saturated rings. The monoisotopic (exact) mass is 359 g/mol. The molecule has 1 aliphatic rings. The fraction of sp³-hybridized carbons (Fsp3) is 0.286. The van der Waals surface area contributed by atoms with Gasteiger partial charge in [-0.05, 0) is 43.0 Å². The molecular formula is C21H21N5O. The van der Waals surface area contributed by atoms with Crippen LogP contribution in [-0.4, -0.2) is 37.8 Å². The zero-order valence-corrected chi connectivity index (χ0v) is 15.0. The molecule has 0 unspecified atom stereocenters. The van der Waals surface area contributed by atoms with Crippen LogP contribution in [0.3, 0.4) is 0 Å². The second-order valence-electron chi connectivity index (χ2n) is 6.95. The minimum absolute atomic E-state index is 0.175. The molecule has 0 radical (unpaired) electrons. The van der Waals surface area contributed by atoms with Crippen molar-refractivity contribution in [3.05, 3.63) is 54.6 Å². The Hall–Kier alpha value is -2.99. The van der Waals surface area contributed by atoms with Crippen molar-refractivity contribution in [2.24, 2.45) is 0 Å². The van der Waals surface area contributed by atoms with E-state index in [4.69, 9.17) is 5.11 Å². The van der Waals surface area contributed by atoms with Crippen molar-refractivity contribution in [2.45, 2.75) is 25.8 Å². The molecule has 0 spiro atoms. The summed E-state index contributed by atoms with van der Waals surface area (Å²) in [4.78, 5) is 16.0. The zero-order valence-electron chi connectivity index (χ0n) is 15.0. The first-order chi connectivity index (χ1) is 13.3. The van der Waals surface area contributed by atoms with Gasteiger partial charge in [0, 0.05) is 30.8 Å². The van der Waals surface area contributed by atoms with Crippen LogP contribution >= 0.6 is 0 Å². The van der Waals surface area contributed by atoms with Gasteiger partial charge in [0.2, 0.25) is 0 Å². The Bertz CT molecular complexity index is 1120. The molecule has 2 aromatic heterocycles. The van der Waals surface area contributed by atoms with Crippen LogP contribution in [0.4, 0.5) is 11.5 Å². The van der Waals surface area contributed by atoms with Gasteiger partial charge in [-0.1, -0.05) is 18.2 Å². The third-order valence-electron chi connectivity index (χ3n) is 5.28. The minimum Gasteiger partial charge on any atom is -0.396 e. The van der Waals surface area contributed by atoms with Gasteiger partial charge in [-0.15, -0.1) is 0 Å². The third-order valence-corrected chi connectivity index (χ3v) is 5.28. The van der Waals surface area contributed by atoms with Crippen molar-refractivity contribution >= 4 is 33.4 Å². The number of fused-ring (bicyclic) bond motifs is 3. The Morgan fingerprint density at radius 3 is 2.89 bits per heavy atom. The fourth-order valence-electron chi connectivity index (χ4n) is 3.98. The predicted molar refractivity (Wildman–Crippen MR) is 106 cm³/mol. The molecule has 5 rings (SSSR count). The molecule has 0 amide bonds. The van der Waals surface area contributed by atoms with Crippen LogP contribution in [0.2, 0.25) is 0 Å². The topological polar surface area (TPSA) is 67.1 Å². The summed E-state index contributed by atoms with van der Waals surface area (Å²) >= 11 is 0. The molecule has 6 nitrogen and oxygen atoms in total. The summed E-state index contributed by atoms with van der Waals surface area (Å²) in [6, 6.07) is 12.7. The van der Waals surface area contributed by atoms with Gasteiger partial charge < -0.3 is 14.6 Å². The van der Waals surface area contributed by atoms with Gasteiger partial charge in [0.1, 0.15) is 12.1 Å². The average Bonchev–Trinajstić information content (AvgIpc) is 3.11. The van der Waals surface area contributed by atoms with Crippen molar-refractivity contribution in [3.8, 4) is 0 Å². The van der Waals surface area contributed by atoms with E-state index >= 15 is 0 Å². The Labute approximate surface area is 157 Å². The Morgan fingerprint density at radius 2 is 1.96 bits per heavy atom. The van der Waals surface area contributed by atoms with Crippen LogP contribution in [0.5, 0.6) is 0 Å². The number of hydrogen-bond donors (Lipinski definition) is 1. The van der Waals surface area contributed by atoms with Gasteiger partial charge in [0.05, 0.1) is 22.9 Å². The Morgan fingerprint density at radius 1 is 1.04 bits per heavy atom. The first-order valence-electron chi connectivity index (χ1n) is 9.41. The molecule has 3 heterocycles. The summed E-state index contributed by atoms with van der Waals surface area (Å²) in [5.41, 5.74) is 5.49. The molecule has 1 aliphatic heterocycles. The van der Waals surface area contributed by atoms with E-state index in [1.165, 1.54) is 11.3 Å². The van der Waals surface area contributed by atoms with Crippen LogP contribution in [-0.2, 0) is 13.0 Å². The zero-order chi connectivity index (χ0) is 18.2. The van der Waals surface area contributed by atoms with Gasteiger partial charge in [-0.2, -0.15) is 0 Å². The van der Waals surface area contributed by atoms with E-state index in [1.807, 2.05) is 6.33 Å². The van der Waals surface area contributed by atoms with Gasteiger partial charge in [0.15, 0.2) is 0 Å². The third kappa shape index (κ3) is 2.73. The number of imidazole rings is 1. The molecule has 0 saturated heterocycles. The number of nitrogens with zero attached hydrogens (tertiary/aromatic N) is 5. The van der Waals surface area contributed by atoms with E-state index in [0.29, 0.717) is 6.42 Å². The maximum absolute atomic E-state index is 9.11. The van der Waals surface area contributed by atoms with E-state index in [2.05, 4.69) is 60.8 Å². The molecule has 27 heavy (non-hydrogen) atoms. The molecule has 136 valence electrons. The standard InChI is InChI=1S/C21H21N5O/c27-10-4-8-25-14-24-18-11-16-17(12-20(18)25)22-13-23-21(16)26-9-3-6-15-5-1-2-7-19(15)26/h1-2,5,7,11-14,27H,3-4,6,8-10H2. The maximum Gasteiger partial charge on any atom is 0.144 e. The number of aliphatic hydroxyl groups excluding tert-OH is 1. The lowest BCUT2D eigenvalue weighted by molar-refractivity contribution is 0.280. The summed E-state index contributed by atoms with van der Waals surface area (Å²) in [5, 5.41) is 10.1. The highest BCUT2D eigenvalue weighted by molar-refractivity contribution is 6.00. The van der Waals surface area contributed by atoms with Gasteiger partial charge in [-0.25, -0.2) is 15.0 Å². The van der Waals surface area contributed by atoms with Crippen molar-refractivity contribution in [3.63, 3.8) is 0 Å². The largest absolute Gasteiger partial charge is 0.396 e. The van der Waals surface area contributed by atoms with Gasteiger partial charge in [-0.3, -0.25) is 0 Å². The molecule has 2 aromatic carbocycles.